The Hall–Kier alpha value is -2.06. The first-order valence-electron chi connectivity index (χ1n) is 5.45. The molecule has 0 saturated heterocycles. The Bertz CT molecular complexity index is 630. The summed E-state index contributed by atoms with van der Waals surface area (Å²) in [5, 5.41) is 8.75. The third kappa shape index (κ3) is 3.70. The molecule has 2 nitrogen and oxygen atoms in total. The fourth-order valence-corrected chi connectivity index (χ4v) is 2.55. The molecule has 0 radical (unpaired) electrons. The smallest absolute Gasteiger partial charge is 0.126 e. The molecular weight excluding hydrogens is 266 g/mol. The zero-order valence-corrected chi connectivity index (χ0v) is 10.7. The summed E-state index contributed by atoms with van der Waals surface area (Å²) in [6.45, 7) is 0. The summed E-state index contributed by atoms with van der Waals surface area (Å²) >= 11 is 1.33. The standard InChI is InChI=1S/C14H10F2N2S/c15-11-2-9(7-17)1-10(3-11)8-19-14-5-12(16)4-13(18)6-14/h1-6H,8,18H2. The van der Waals surface area contributed by atoms with E-state index < -0.39 is 11.6 Å². The van der Waals surface area contributed by atoms with Crippen molar-refractivity contribution in [1.29, 1.82) is 5.26 Å². The van der Waals surface area contributed by atoms with Crippen LogP contribution in [0.15, 0.2) is 41.3 Å². The first-order chi connectivity index (χ1) is 9.06. The molecule has 2 N–H and O–H groups in total. The molecule has 0 amide bonds. The molecule has 0 unspecified atom stereocenters. The van der Waals surface area contributed by atoms with Crippen molar-refractivity contribution in [3.05, 3.63) is 59.2 Å². The first-order valence-corrected chi connectivity index (χ1v) is 6.44. The van der Waals surface area contributed by atoms with Gasteiger partial charge in [-0.25, -0.2) is 8.78 Å². The third-order valence-corrected chi connectivity index (χ3v) is 3.43. The fourth-order valence-electron chi connectivity index (χ4n) is 1.63. The topological polar surface area (TPSA) is 49.8 Å². The maximum absolute atomic E-state index is 13.2. The second-order valence-electron chi connectivity index (χ2n) is 3.97. The number of nitrogens with zero attached hydrogens (tertiary/aromatic N) is 1. The maximum atomic E-state index is 13.2. The van der Waals surface area contributed by atoms with E-state index in [4.69, 9.17) is 11.0 Å². The van der Waals surface area contributed by atoms with E-state index in [1.807, 2.05) is 6.07 Å². The van der Waals surface area contributed by atoms with Crippen LogP contribution in [0.4, 0.5) is 14.5 Å². The molecule has 2 aromatic carbocycles. The highest BCUT2D eigenvalue weighted by atomic mass is 32.2. The van der Waals surface area contributed by atoms with Crippen LogP contribution < -0.4 is 5.73 Å². The van der Waals surface area contributed by atoms with Gasteiger partial charge in [0.2, 0.25) is 0 Å². The molecule has 0 fully saturated rings. The number of hydrogen-bond donors (Lipinski definition) is 1. The lowest BCUT2D eigenvalue weighted by molar-refractivity contribution is 0.624. The summed E-state index contributed by atoms with van der Waals surface area (Å²) in [6.07, 6.45) is 0. The number of nitrogen functional groups attached to an aromatic ring is 1. The predicted molar refractivity (Wildman–Crippen MR) is 71.5 cm³/mol. The van der Waals surface area contributed by atoms with Crippen LogP contribution in [0.3, 0.4) is 0 Å². The van der Waals surface area contributed by atoms with Gasteiger partial charge in [0.1, 0.15) is 11.6 Å². The van der Waals surface area contributed by atoms with Crippen molar-refractivity contribution in [1.82, 2.24) is 0 Å². The molecule has 0 saturated carbocycles. The minimum absolute atomic E-state index is 0.273. The Morgan fingerprint density at radius 3 is 2.47 bits per heavy atom. The largest absolute Gasteiger partial charge is 0.399 e. The number of anilines is 1. The summed E-state index contributed by atoms with van der Waals surface area (Å²) in [5.41, 5.74) is 6.83. The SMILES string of the molecule is N#Cc1cc(F)cc(CSc2cc(N)cc(F)c2)c1. The molecule has 0 aromatic heterocycles. The highest BCUT2D eigenvalue weighted by Crippen LogP contribution is 2.26. The molecule has 96 valence electrons. The Morgan fingerprint density at radius 2 is 1.79 bits per heavy atom. The van der Waals surface area contributed by atoms with Crippen molar-refractivity contribution in [2.75, 3.05) is 5.73 Å². The average molecular weight is 276 g/mol. The van der Waals surface area contributed by atoms with E-state index in [2.05, 4.69) is 0 Å². The summed E-state index contributed by atoms with van der Waals surface area (Å²) in [7, 11) is 0. The van der Waals surface area contributed by atoms with Crippen LogP contribution in [0, 0.1) is 23.0 Å². The van der Waals surface area contributed by atoms with Gasteiger partial charge in [-0.15, -0.1) is 11.8 Å². The van der Waals surface area contributed by atoms with Crippen molar-refractivity contribution in [2.45, 2.75) is 10.6 Å². The Morgan fingerprint density at radius 1 is 1.05 bits per heavy atom. The molecule has 2 rings (SSSR count). The monoisotopic (exact) mass is 276 g/mol. The summed E-state index contributed by atoms with van der Waals surface area (Å²) in [4.78, 5) is 0.667. The Labute approximate surface area is 113 Å². The van der Waals surface area contributed by atoms with Gasteiger partial charge in [0.15, 0.2) is 0 Å². The van der Waals surface area contributed by atoms with Crippen LogP contribution in [-0.4, -0.2) is 0 Å². The quantitative estimate of drug-likeness (QED) is 0.686. The average Bonchev–Trinajstić information content (AvgIpc) is 2.34. The van der Waals surface area contributed by atoms with Crippen molar-refractivity contribution in [3.63, 3.8) is 0 Å². The highest BCUT2D eigenvalue weighted by Gasteiger charge is 2.03. The number of halogens is 2. The molecule has 0 aliphatic carbocycles. The highest BCUT2D eigenvalue weighted by molar-refractivity contribution is 7.98. The summed E-state index contributed by atoms with van der Waals surface area (Å²) < 4.78 is 26.4. The molecule has 0 atom stereocenters. The summed E-state index contributed by atoms with van der Waals surface area (Å²) in [6, 6.07) is 10.3. The normalized spacial score (nSPS) is 10.2. The number of rotatable bonds is 3. The lowest BCUT2D eigenvalue weighted by Crippen LogP contribution is -1.89. The van der Waals surface area contributed by atoms with Crippen LogP contribution in [0.2, 0.25) is 0 Å². The van der Waals surface area contributed by atoms with Crippen LogP contribution in [-0.2, 0) is 5.75 Å². The van der Waals surface area contributed by atoms with Gasteiger partial charge in [0, 0.05) is 16.3 Å². The molecule has 0 spiro atoms. The van der Waals surface area contributed by atoms with Gasteiger partial charge >= 0.3 is 0 Å². The molecule has 0 bridgehead atoms. The number of nitrogens with two attached hydrogens (primary N) is 1. The van der Waals surface area contributed by atoms with Gasteiger partial charge in [-0.05, 0) is 42.0 Å². The van der Waals surface area contributed by atoms with Crippen molar-refractivity contribution in [3.8, 4) is 6.07 Å². The van der Waals surface area contributed by atoms with E-state index in [9.17, 15) is 8.78 Å². The lowest BCUT2D eigenvalue weighted by atomic mass is 10.1. The fraction of sp³-hybridized carbons (Fsp3) is 0.0714. The Balaban J connectivity index is 2.14. The minimum Gasteiger partial charge on any atom is -0.399 e. The minimum atomic E-state index is -0.451. The van der Waals surface area contributed by atoms with E-state index >= 15 is 0 Å². The van der Waals surface area contributed by atoms with Crippen molar-refractivity contribution in [2.24, 2.45) is 0 Å². The van der Waals surface area contributed by atoms with Crippen LogP contribution in [0.25, 0.3) is 0 Å². The number of benzene rings is 2. The van der Waals surface area contributed by atoms with Gasteiger partial charge in [0.05, 0.1) is 11.6 Å². The van der Waals surface area contributed by atoms with E-state index in [-0.39, 0.29) is 5.56 Å². The zero-order chi connectivity index (χ0) is 13.8. The van der Waals surface area contributed by atoms with Gasteiger partial charge in [0.25, 0.3) is 0 Å². The van der Waals surface area contributed by atoms with Gasteiger partial charge in [-0.3, -0.25) is 0 Å². The molecule has 0 heterocycles. The summed E-state index contributed by atoms with van der Waals surface area (Å²) in [5.74, 6) is -0.414. The zero-order valence-electron chi connectivity index (χ0n) is 9.86. The van der Waals surface area contributed by atoms with Crippen LogP contribution in [0.5, 0.6) is 0 Å². The molecule has 2 aromatic rings. The molecule has 0 aliphatic heterocycles. The third-order valence-electron chi connectivity index (χ3n) is 2.39. The van der Waals surface area contributed by atoms with Crippen molar-refractivity contribution < 1.29 is 8.78 Å². The molecular formula is C14H10F2N2S. The number of thioether (sulfide) groups is 1. The van der Waals surface area contributed by atoms with Crippen LogP contribution >= 0.6 is 11.8 Å². The second-order valence-corrected chi connectivity index (χ2v) is 5.02. The first kappa shape index (κ1) is 13.4. The number of hydrogen-bond acceptors (Lipinski definition) is 3. The number of nitriles is 1. The van der Waals surface area contributed by atoms with Gasteiger partial charge < -0.3 is 5.73 Å². The van der Waals surface area contributed by atoms with E-state index in [0.29, 0.717) is 21.9 Å². The molecule has 0 aliphatic rings. The molecule has 19 heavy (non-hydrogen) atoms. The van der Waals surface area contributed by atoms with Gasteiger partial charge in [-0.1, -0.05) is 0 Å². The predicted octanol–water partition coefficient (Wildman–Crippen LogP) is 3.71. The second kappa shape index (κ2) is 5.72. The van der Waals surface area contributed by atoms with Gasteiger partial charge in [-0.2, -0.15) is 5.26 Å². The van der Waals surface area contributed by atoms with Crippen molar-refractivity contribution >= 4 is 17.4 Å². The maximum Gasteiger partial charge on any atom is 0.126 e. The van der Waals surface area contributed by atoms with E-state index in [1.54, 1.807) is 12.1 Å². The van der Waals surface area contributed by atoms with E-state index in [0.717, 1.165) is 0 Å². The van der Waals surface area contributed by atoms with E-state index in [1.165, 1.54) is 36.0 Å². The Kier molecular flexibility index (Phi) is 4.03. The molecule has 5 heteroatoms. The van der Waals surface area contributed by atoms with Crippen LogP contribution in [0.1, 0.15) is 11.1 Å². The lowest BCUT2D eigenvalue weighted by Gasteiger charge is -2.04.